The van der Waals surface area contributed by atoms with Crippen molar-refractivity contribution < 1.29 is 22.6 Å². The number of hydrogen-bond acceptors (Lipinski definition) is 8. The summed E-state index contributed by atoms with van der Waals surface area (Å²) in [7, 11) is 0. The maximum atomic E-state index is 12.9. The van der Waals surface area contributed by atoms with Crippen LogP contribution in [-0.4, -0.2) is 58.4 Å². The molecule has 0 atom stereocenters. The van der Waals surface area contributed by atoms with E-state index in [9.17, 15) is 13.2 Å². The summed E-state index contributed by atoms with van der Waals surface area (Å²) < 4.78 is 50.6. The summed E-state index contributed by atoms with van der Waals surface area (Å²) in [5, 5.41) is 3.11. The van der Waals surface area contributed by atoms with E-state index < -0.39 is 11.9 Å². The molecule has 0 bridgehead atoms. The first-order valence-corrected chi connectivity index (χ1v) is 11.4. The van der Waals surface area contributed by atoms with Gasteiger partial charge in [0.25, 0.3) is 0 Å². The SMILES string of the molecule is FC(F)(F)c1cc(N[C@H]2CC[C@@H](Oc3cc(N4CCOCC4)cc4nccnc34)CC2)ncn1. The summed E-state index contributed by atoms with van der Waals surface area (Å²) in [6.07, 6.45) is 2.78. The molecule has 3 heterocycles. The van der Waals surface area contributed by atoms with Gasteiger partial charge in [0, 0.05) is 49.3 Å². The highest BCUT2D eigenvalue weighted by atomic mass is 19.4. The Morgan fingerprint density at radius 2 is 1.71 bits per heavy atom. The average Bonchev–Trinajstić information content (AvgIpc) is 2.85. The maximum absolute atomic E-state index is 12.9. The van der Waals surface area contributed by atoms with Gasteiger partial charge in [-0.2, -0.15) is 13.2 Å². The normalized spacial score (nSPS) is 21.4. The van der Waals surface area contributed by atoms with Gasteiger partial charge in [-0.1, -0.05) is 0 Å². The second-order valence-electron chi connectivity index (χ2n) is 8.49. The summed E-state index contributed by atoms with van der Waals surface area (Å²) in [6.45, 7) is 2.98. The molecule has 2 aromatic heterocycles. The van der Waals surface area contributed by atoms with Gasteiger partial charge in [-0.3, -0.25) is 4.98 Å². The molecule has 1 N–H and O–H groups in total. The third-order valence-corrected chi connectivity index (χ3v) is 6.18. The standard InChI is InChI=1S/C23H25F3N6O2/c24-23(25,26)20-13-21(30-14-29-20)31-15-1-3-17(4-2-15)34-19-12-16(32-7-9-33-10-8-32)11-18-22(19)28-6-5-27-18/h5-6,11-15,17H,1-4,7-10H2,(H,29,30,31)/t15-,17+. The number of nitrogens with one attached hydrogen (secondary N) is 1. The molecule has 1 aliphatic heterocycles. The Bertz CT molecular complexity index is 1130. The van der Waals surface area contributed by atoms with Crippen LogP contribution in [0.3, 0.4) is 0 Å². The molecule has 1 saturated carbocycles. The van der Waals surface area contributed by atoms with Crippen molar-refractivity contribution in [3.63, 3.8) is 0 Å². The monoisotopic (exact) mass is 474 g/mol. The third kappa shape index (κ3) is 5.14. The lowest BCUT2D eigenvalue weighted by atomic mass is 9.93. The molecule has 2 aliphatic rings. The number of nitrogens with zero attached hydrogens (tertiary/aromatic N) is 5. The van der Waals surface area contributed by atoms with Crippen LogP contribution < -0.4 is 15.0 Å². The zero-order chi connectivity index (χ0) is 23.5. The van der Waals surface area contributed by atoms with Crippen molar-refractivity contribution >= 4 is 22.5 Å². The Morgan fingerprint density at radius 1 is 0.941 bits per heavy atom. The number of alkyl halides is 3. The van der Waals surface area contributed by atoms with Gasteiger partial charge in [-0.15, -0.1) is 0 Å². The second kappa shape index (κ2) is 9.57. The smallest absolute Gasteiger partial charge is 0.433 e. The van der Waals surface area contributed by atoms with Crippen molar-refractivity contribution in [1.29, 1.82) is 0 Å². The molecule has 1 saturated heterocycles. The molecular weight excluding hydrogens is 449 g/mol. The summed E-state index contributed by atoms with van der Waals surface area (Å²) in [5.41, 5.74) is 1.59. The van der Waals surface area contributed by atoms with Crippen LogP contribution in [-0.2, 0) is 10.9 Å². The van der Waals surface area contributed by atoms with E-state index in [4.69, 9.17) is 9.47 Å². The fourth-order valence-corrected chi connectivity index (χ4v) is 4.43. The van der Waals surface area contributed by atoms with E-state index in [1.165, 1.54) is 0 Å². The Labute approximate surface area is 194 Å². The first-order chi connectivity index (χ1) is 16.5. The van der Waals surface area contributed by atoms with Gasteiger partial charge < -0.3 is 19.7 Å². The first-order valence-electron chi connectivity index (χ1n) is 11.4. The van der Waals surface area contributed by atoms with E-state index in [2.05, 4.69) is 30.2 Å². The van der Waals surface area contributed by atoms with Gasteiger partial charge in [-0.05, 0) is 31.7 Å². The van der Waals surface area contributed by atoms with Crippen molar-refractivity contribution in [2.75, 3.05) is 36.5 Å². The Hall–Kier alpha value is -3.21. The fourth-order valence-electron chi connectivity index (χ4n) is 4.43. The van der Waals surface area contributed by atoms with E-state index in [1.54, 1.807) is 12.4 Å². The van der Waals surface area contributed by atoms with Crippen molar-refractivity contribution in [3.05, 3.63) is 42.6 Å². The summed E-state index contributed by atoms with van der Waals surface area (Å²) >= 11 is 0. The maximum Gasteiger partial charge on any atom is 0.433 e. The summed E-state index contributed by atoms with van der Waals surface area (Å²) in [6, 6.07) is 5.02. The highest BCUT2D eigenvalue weighted by Gasteiger charge is 2.33. The van der Waals surface area contributed by atoms with Crippen molar-refractivity contribution in [2.45, 2.75) is 44.0 Å². The summed E-state index contributed by atoms with van der Waals surface area (Å²) in [5.74, 6) is 0.889. The van der Waals surface area contributed by atoms with Crippen molar-refractivity contribution in [2.24, 2.45) is 0 Å². The topological polar surface area (TPSA) is 85.3 Å². The number of ether oxygens (including phenoxy) is 2. The number of benzene rings is 1. The van der Waals surface area contributed by atoms with Crippen molar-refractivity contribution in [1.82, 2.24) is 19.9 Å². The highest BCUT2D eigenvalue weighted by Crippen LogP contribution is 2.34. The Kier molecular flexibility index (Phi) is 6.36. The quantitative estimate of drug-likeness (QED) is 0.592. The minimum absolute atomic E-state index is 0.0145. The van der Waals surface area contributed by atoms with Crippen LogP contribution >= 0.6 is 0 Å². The van der Waals surface area contributed by atoms with Gasteiger partial charge in [0.1, 0.15) is 29.1 Å². The molecule has 11 heteroatoms. The molecule has 8 nitrogen and oxygen atoms in total. The van der Waals surface area contributed by atoms with Crippen LogP contribution in [0.4, 0.5) is 24.7 Å². The number of anilines is 2. The Morgan fingerprint density at radius 3 is 2.47 bits per heavy atom. The van der Waals surface area contributed by atoms with Crippen LogP contribution in [0.5, 0.6) is 5.75 Å². The van der Waals surface area contributed by atoms with Crippen LogP contribution in [0.25, 0.3) is 11.0 Å². The molecule has 0 amide bonds. The molecule has 1 aliphatic carbocycles. The van der Waals surface area contributed by atoms with Crippen LogP contribution in [0.15, 0.2) is 36.9 Å². The number of hydrogen-bond donors (Lipinski definition) is 1. The van der Waals surface area contributed by atoms with Gasteiger partial charge >= 0.3 is 6.18 Å². The Balaban J connectivity index is 1.25. The zero-order valence-corrected chi connectivity index (χ0v) is 18.5. The molecule has 0 unspecified atom stereocenters. The minimum atomic E-state index is -4.49. The molecular formula is C23H25F3N6O2. The van der Waals surface area contributed by atoms with E-state index in [0.717, 1.165) is 67.9 Å². The van der Waals surface area contributed by atoms with Gasteiger partial charge in [0.2, 0.25) is 0 Å². The van der Waals surface area contributed by atoms with E-state index in [1.807, 2.05) is 12.1 Å². The highest BCUT2D eigenvalue weighted by molar-refractivity contribution is 5.85. The second-order valence-corrected chi connectivity index (χ2v) is 8.49. The van der Waals surface area contributed by atoms with E-state index in [0.29, 0.717) is 19.0 Å². The zero-order valence-electron chi connectivity index (χ0n) is 18.5. The molecule has 1 aromatic carbocycles. The van der Waals surface area contributed by atoms with Gasteiger partial charge in [0.15, 0.2) is 0 Å². The first kappa shape index (κ1) is 22.6. The minimum Gasteiger partial charge on any atom is -0.488 e. The molecule has 3 aromatic rings. The molecule has 0 radical (unpaired) electrons. The third-order valence-electron chi connectivity index (χ3n) is 6.18. The molecule has 5 rings (SSSR count). The van der Waals surface area contributed by atoms with E-state index in [-0.39, 0.29) is 18.0 Å². The number of morpholine rings is 1. The lowest BCUT2D eigenvalue weighted by Gasteiger charge is -2.31. The van der Waals surface area contributed by atoms with Gasteiger partial charge in [0.05, 0.1) is 24.8 Å². The largest absolute Gasteiger partial charge is 0.488 e. The number of halogens is 3. The molecule has 2 fully saturated rings. The van der Waals surface area contributed by atoms with Crippen molar-refractivity contribution in [3.8, 4) is 5.75 Å². The predicted octanol–water partition coefficient (Wildman–Crippen LogP) is 4.08. The molecule has 180 valence electrons. The lowest BCUT2D eigenvalue weighted by molar-refractivity contribution is -0.141. The van der Waals surface area contributed by atoms with Crippen LogP contribution in [0.2, 0.25) is 0 Å². The fraction of sp³-hybridized carbons (Fsp3) is 0.478. The number of aromatic nitrogens is 4. The van der Waals surface area contributed by atoms with Crippen LogP contribution in [0, 0.1) is 0 Å². The number of rotatable bonds is 5. The molecule has 34 heavy (non-hydrogen) atoms. The van der Waals surface area contributed by atoms with E-state index >= 15 is 0 Å². The lowest BCUT2D eigenvalue weighted by Crippen LogP contribution is -2.36. The molecule has 0 spiro atoms. The van der Waals surface area contributed by atoms with Gasteiger partial charge in [-0.25, -0.2) is 15.0 Å². The summed E-state index contributed by atoms with van der Waals surface area (Å²) in [4.78, 5) is 18.5. The number of fused-ring (bicyclic) bond motifs is 1. The van der Waals surface area contributed by atoms with Crippen LogP contribution in [0.1, 0.15) is 31.4 Å². The predicted molar refractivity (Wildman–Crippen MR) is 120 cm³/mol. The average molecular weight is 474 g/mol.